The summed E-state index contributed by atoms with van der Waals surface area (Å²) in [6, 6.07) is 9.83. The van der Waals surface area contributed by atoms with Crippen LogP contribution < -0.4 is 0 Å². The Labute approximate surface area is 116 Å². The van der Waals surface area contributed by atoms with Crippen LogP contribution in [0.2, 0.25) is 0 Å². The third-order valence-corrected chi connectivity index (χ3v) is 3.68. The molecule has 0 radical (unpaired) electrons. The monoisotopic (exact) mass is 302 g/mol. The molecule has 0 saturated carbocycles. The van der Waals surface area contributed by atoms with Gasteiger partial charge in [0.25, 0.3) is 0 Å². The van der Waals surface area contributed by atoms with Gasteiger partial charge in [0, 0.05) is 10.0 Å². The van der Waals surface area contributed by atoms with Crippen LogP contribution in [0.25, 0.3) is 17.2 Å². The molecule has 2 rings (SSSR count). The summed E-state index contributed by atoms with van der Waals surface area (Å²) in [5.74, 6) is 0.294. The normalized spacial score (nSPS) is 10.4. The van der Waals surface area contributed by atoms with Gasteiger partial charge in [0.05, 0.1) is 0 Å². The first kappa shape index (κ1) is 12.9. The fraction of sp³-hybridized carbons (Fsp3) is 0.125. The van der Waals surface area contributed by atoms with Crippen LogP contribution in [0.4, 0.5) is 0 Å². The highest BCUT2D eigenvalue weighted by molar-refractivity contribution is 9.10. The van der Waals surface area contributed by atoms with Crippen LogP contribution in [0.15, 0.2) is 41.4 Å². The summed E-state index contributed by atoms with van der Waals surface area (Å²) in [6.45, 7) is 7.80. The molecule has 1 nitrogen and oxygen atoms in total. The lowest BCUT2D eigenvalue weighted by Gasteiger charge is -2.11. The van der Waals surface area contributed by atoms with Crippen molar-refractivity contribution in [2.75, 3.05) is 0 Å². The number of hydrogen-bond donors (Lipinski definition) is 1. The number of aryl methyl sites for hydroxylation is 2. The van der Waals surface area contributed by atoms with Gasteiger partial charge < -0.3 is 5.11 Å². The number of benzene rings is 2. The molecule has 92 valence electrons. The van der Waals surface area contributed by atoms with Crippen molar-refractivity contribution in [1.29, 1.82) is 0 Å². The second-order valence-corrected chi connectivity index (χ2v) is 5.27. The second kappa shape index (κ2) is 4.99. The van der Waals surface area contributed by atoms with Crippen molar-refractivity contribution < 1.29 is 5.11 Å². The van der Waals surface area contributed by atoms with Crippen molar-refractivity contribution in [2.45, 2.75) is 13.8 Å². The van der Waals surface area contributed by atoms with Gasteiger partial charge in [-0.1, -0.05) is 40.7 Å². The third-order valence-electron chi connectivity index (χ3n) is 3.02. The number of halogens is 1. The van der Waals surface area contributed by atoms with Gasteiger partial charge in [0.1, 0.15) is 5.75 Å². The van der Waals surface area contributed by atoms with Crippen LogP contribution in [0.1, 0.15) is 16.7 Å². The molecule has 2 heteroatoms. The maximum absolute atomic E-state index is 10.1. The van der Waals surface area contributed by atoms with Crippen molar-refractivity contribution in [2.24, 2.45) is 0 Å². The second-order valence-electron chi connectivity index (χ2n) is 4.41. The van der Waals surface area contributed by atoms with E-state index in [1.165, 1.54) is 5.56 Å². The summed E-state index contributed by atoms with van der Waals surface area (Å²) < 4.78 is 0.983. The number of aromatic hydroxyl groups is 1. The van der Waals surface area contributed by atoms with Gasteiger partial charge in [-0.2, -0.15) is 0 Å². The van der Waals surface area contributed by atoms with E-state index in [1.807, 2.05) is 38.1 Å². The van der Waals surface area contributed by atoms with E-state index in [0.717, 1.165) is 26.7 Å². The molecule has 2 aromatic rings. The first-order valence-corrected chi connectivity index (χ1v) is 6.55. The molecule has 0 aromatic heterocycles. The third kappa shape index (κ3) is 2.34. The summed E-state index contributed by atoms with van der Waals surface area (Å²) in [7, 11) is 0. The largest absolute Gasteiger partial charge is 0.507 e. The van der Waals surface area contributed by atoms with Crippen LogP contribution in [0, 0.1) is 13.8 Å². The molecule has 2 aromatic carbocycles. The van der Waals surface area contributed by atoms with Gasteiger partial charge in [-0.05, 0) is 54.3 Å². The molecule has 0 unspecified atom stereocenters. The molecule has 0 spiro atoms. The number of phenolic OH excluding ortho intramolecular Hbond substituents is 1. The zero-order valence-electron chi connectivity index (χ0n) is 10.5. The van der Waals surface area contributed by atoms with E-state index in [-0.39, 0.29) is 0 Å². The smallest absolute Gasteiger partial charge is 0.123 e. The zero-order valence-corrected chi connectivity index (χ0v) is 12.1. The average Bonchev–Trinajstić information content (AvgIpc) is 2.30. The molecular formula is C16H15BrO. The minimum absolute atomic E-state index is 0.294. The minimum atomic E-state index is 0.294. The van der Waals surface area contributed by atoms with Crippen molar-refractivity contribution >= 4 is 22.0 Å². The Morgan fingerprint density at radius 3 is 2.44 bits per heavy atom. The number of phenols is 1. The number of rotatable bonds is 2. The molecule has 0 fully saturated rings. The van der Waals surface area contributed by atoms with Crippen molar-refractivity contribution in [3.63, 3.8) is 0 Å². The van der Waals surface area contributed by atoms with E-state index < -0.39 is 0 Å². The molecule has 0 amide bonds. The summed E-state index contributed by atoms with van der Waals surface area (Å²) in [4.78, 5) is 0. The highest BCUT2D eigenvalue weighted by Crippen LogP contribution is 2.36. The predicted molar refractivity (Wildman–Crippen MR) is 80.8 cm³/mol. The molecule has 0 saturated heterocycles. The predicted octanol–water partition coefficient (Wildman–Crippen LogP) is 5.08. The molecule has 18 heavy (non-hydrogen) atoms. The zero-order chi connectivity index (χ0) is 13.3. The fourth-order valence-electron chi connectivity index (χ4n) is 1.98. The Morgan fingerprint density at radius 2 is 1.83 bits per heavy atom. The molecule has 0 atom stereocenters. The summed E-state index contributed by atoms with van der Waals surface area (Å²) in [5.41, 5.74) is 5.05. The highest BCUT2D eigenvalue weighted by atomic mass is 79.9. The Balaban J connectivity index is 2.66. The van der Waals surface area contributed by atoms with Crippen molar-refractivity contribution in [1.82, 2.24) is 0 Å². The van der Waals surface area contributed by atoms with Crippen LogP contribution in [0.3, 0.4) is 0 Å². The maximum atomic E-state index is 10.1. The highest BCUT2D eigenvalue weighted by Gasteiger charge is 2.10. The maximum Gasteiger partial charge on any atom is 0.123 e. The molecule has 0 aliphatic heterocycles. The van der Waals surface area contributed by atoms with Crippen LogP contribution in [0.5, 0.6) is 5.75 Å². The molecular weight excluding hydrogens is 288 g/mol. The Bertz CT molecular complexity index is 615. The Hall–Kier alpha value is -1.54. The van der Waals surface area contributed by atoms with E-state index in [0.29, 0.717) is 5.75 Å². The van der Waals surface area contributed by atoms with Crippen molar-refractivity contribution in [3.8, 4) is 16.9 Å². The van der Waals surface area contributed by atoms with Crippen LogP contribution in [-0.2, 0) is 0 Å². The van der Waals surface area contributed by atoms with Gasteiger partial charge in [0.2, 0.25) is 0 Å². The molecule has 0 aliphatic rings. The van der Waals surface area contributed by atoms with E-state index in [2.05, 4.69) is 22.5 Å². The van der Waals surface area contributed by atoms with Gasteiger partial charge in [-0.25, -0.2) is 0 Å². The Morgan fingerprint density at radius 1 is 1.11 bits per heavy atom. The SMILES string of the molecule is C=Cc1cc(-c2ccc(C)cc2Br)c(O)cc1C. The van der Waals surface area contributed by atoms with Crippen LogP contribution in [-0.4, -0.2) is 5.11 Å². The molecule has 0 aliphatic carbocycles. The molecule has 0 bridgehead atoms. The van der Waals surface area contributed by atoms with Crippen LogP contribution >= 0.6 is 15.9 Å². The Kier molecular flexibility index (Phi) is 3.58. The first-order chi connectivity index (χ1) is 8.52. The van der Waals surface area contributed by atoms with Gasteiger partial charge in [-0.15, -0.1) is 0 Å². The minimum Gasteiger partial charge on any atom is -0.507 e. The van der Waals surface area contributed by atoms with E-state index in [1.54, 1.807) is 12.1 Å². The van der Waals surface area contributed by atoms with Gasteiger partial charge in [0.15, 0.2) is 0 Å². The van der Waals surface area contributed by atoms with E-state index in [9.17, 15) is 5.11 Å². The van der Waals surface area contributed by atoms with E-state index in [4.69, 9.17) is 0 Å². The molecule has 0 heterocycles. The van der Waals surface area contributed by atoms with Gasteiger partial charge in [-0.3, -0.25) is 0 Å². The first-order valence-electron chi connectivity index (χ1n) is 5.75. The summed E-state index contributed by atoms with van der Waals surface area (Å²) in [5, 5.41) is 10.1. The summed E-state index contributed by atoms with van der Waals surface area (Å²) >= 11 is 3.55. The molecule has 1 N–H and O–H groups in total. The average molecular weight is 303 g/mol. The fourth-order valence-corrected chi connectivity index (χ4v) is 2.69. The lowest BCUT2D eigenvalue weighted by atomic mass is 9.98. The van der Waals surface area contributed by atoms with Crippen molar-refractivity contribution in [3.05, 3.63) is 58.1 Å². The standard InChI is InChI=1S/C16H15BrO/c1-4-12-9-14(16(18)8-11(12)3)13-6-5-10(2)7-15(13)17/h4-9,18H,1H2,2-3H3. The lowest BCUT2D eigenvalue weighted by molar-refractivity contribution is 0.477. The summed E-state index contributed by atoms with van der Waals surface area (Å²) in [6.07, 6.45) is 1.81. The van der Waals surface area contributed by atoms with E-state index >= 15 is 0 Å². The number of hydrogen-bond acceptors (Lipinski definition) is 1. The van der Waals surface area contributed by atoms with Gasteiger partial charge >= 0.3 is 0 Å². The lowest BCUT2D eigenvalue weighted by Crippen LogP contribution is -1.87. The quantitative estimate of drug-likeness (QED) is 0.820. The topological polar surface area (TPSA) is 20.2 Å².